The van der Waals surface area contributed by atoms with Gasteiger partial charge < -0.3 is 28.4 Å². The minimum atomic E-state index is -0.482. The number of nitrogens with zero attached hydrogens (tertiary/aromatic N) is 1. The molecular weight excluding hydrogens is 650 g/mol. The highest BCUT2D eigenvalue weighted by molar-refractivity contribution is 9.10. The zero-order valence-electron chi connectivity index (χ0n) is 25.7. The summed E-state index contributed by atoms with van der Waals surface area (Å²) >= 11 is 5.06. The van der Waals surface area contributed by atoms with Gasteiger partial charge in [-0.2, -0.15) is 5.06 Å². The number of thioether (sulfide) groups is 1. The molecule has 9 nitrogen and oxygen atoms in total. The molecule has 1 amide bonds. The van der Waals surface area contributed by atoms with Crippen molar-refractivity contribution in [1.82, 2.24) is 5.06 Å². The summed E-state index contributed by atoms with van der Waals surface area (Å²) in [6, 6.07) is 16.0. The quantitative estimate of drug-likeness (QED) is 0.0846. The van der Waals surface area contributed by atoms with Gasteiger partial charge in [-0.1, -0.05) is 39.8 Å². The van der Waals surface area contributed by atoms with E-state index < -0.39 is 5.91 Å². The lowest BCUT2D eigenvalue weighted by molar-refractivity contribution is -0.151. The number of allylic oxidation sites excluding steroid dienone is 1. The van der Waals surface area contributed by atoms with Gasteiger partial charge in [0.1, 0.15) is 5.44 Å². The first-order valence-electron chi connectivity index (χ1n) is 14.0. The number of methoxy groups -OCH3 is 4. The average Bonchev–Trinajstić information content (AvgIpc) is 3.52. The Balaban J connectivity index is 1.62. The second-order valence-corrected chi connectivity index (χ2v) is 12.4. The molecule has 3 unspecified atom stereocenters. The van der Waals surface area contributed by atoms with Crippen molar-refractivity contribution < 1.29 is 38.4 Å². The summed E-state index contributed by atoms with van der Waals surface area (Å²) in [6.45, 7) is 3.77. The number of halogens is 1. The molecule has 44 heavy (non-hydrogen) atoms. The van der Waals surface area contributed by atoms with Crippen molar-refractivity contribution >= 4 is 33.6 Å². The highest BCUT2D eigenvalue weighted by Crippen LogP contribution is 2.46. The fourth-order valence-electron chi connectivity index (χ4n) is 5.01. The number of carbonyl (C=O) groups excluding carboxylic acids is 1. The topological polar surface area (TPSA) is 95.9 Å². The Morgan fingerprint density at radius 1 is 1.00 bits per heavy atom. The highest BCUT2D eigenvalue weighted by atomic mass is 79.9. The molecule has 1 aliphatic rings. The number of ether oxygens (including phenoxy) is 6. The molecular formula is C33H38BrNO8S. The SMILES string of the molecule is COc1cc(C2COC(c3cc(OC)c(OC)c(OC)c3)C2)cc(CC=CN(O)C(C)=O)c1OC(C)Sc1ccc(Br)cc1. The second kappa shape index (κ2) is 15.6. The third-order valence-corrected chi connectivity index (χ3v) is 8.71. The van der Waals surface area contributed by atoms with Gasteiger partial charge >= 0.3 is 0 Å². The molecule has 0 aromatic heterocycles. The molecule has 1 saturated heterocycles. The number of hydroxylamine groups is 2. The monoisotopic (exact) mass is 687 g/mol. The van der Waals surface area contributed by atoms with Crippen molar-refractivity contribution in [3.63, 3.8) is 0 Å². The maximum absolute atomic E-state index is 11.5. The minimum Gasteiger partial charge on any atom is -0.493 e. The first kappa shape index (κ1) is 33.5. The van der Waals surface area contributed by atoms with Gasteiger partial charge in [0.2, 0.25) is 11.7 Å². The molecule has 0 bridgehead atoms. The Morgan fingerprint density at radius 3 is 2.20 bits per heavy atom. The number of rotatable bonds is 13. The van der Waals surface area contributed by atoms with Gasteiger partial charge in [0.25, 0.3) is 0 Å². The molecule has 11 heteroatoms. The van der Waals surface area contributed by atoms with Gasteiger partial charge in [0.15, 0.2) is 23.0 Å². The Hall–Kier alpha value is -3.38. The summed E-state index contributed by atoms with van der Waals surface area (Å²) in [6.07, 6.45) is 3.98. The van der Waals surface area contributed by atoms with E-state index in [0.717, 1.165) is 32.5 Å². The molecule has 1 N–H and O–H groups in total. The summed E-state index contributed by atoms with van der Waals surface area (Å²) in [5, 5.41) is 10.4. The third-order valence-electron chi connectivity index (χ3n) is 7.21. The van der Waals surface area contributed by atoms with Crippen molar-refractivity contribution in [2.75, 3.05) is 35.0 Å². The normalized spacial score (nSPS) is 16.9. The lowest BCUT2D eigenvalue weighted by atomic mass is 9.91. The maximum atomic E-state index is 11.5. The number of amides is 1. The first-order valence-corrected chi connectivity index (χ1v) is 15.7. The van der Waals surface area contributed by atoms with Gasteiger partial charge in [0, 0.05) is 34.0 Å². The molecule has 236 valence electrons. The molecule has 1 aliphatic heterocycles. The molecule has 1 heterocycles. The van der Waals surface area contributed by atoms with E-state index in [1.807, 2.05) is 49.4 Å². The van der Waals surface area contributed by atoms with E-state index in [9.17, 15) is 10.0 Å². The van der Waals surface area contributed by atoms with Crippen LogP contribution in [0, 0.1) is 0 Å². The van der Waals surface area contributed by atoms with E-state index in [-0.39, 0.29) is 17.5 Å². The zero-order chi connectivity index (χ0) is 31.8. The summed E-state index contributed by atoms with van der Waals surface area (Å²) in [5.41, 5.74) is 2.59. The van der Waals surface area contributed by atoms with Crippen molar-refractivity contribution in [2.45, 2.75) is 49.0 Å². The number of benzene rings is 3. The van der Waals surface area contributed by atoms with Crippen molar-refractivity contribution in [2.24, 2.45) is 0 Å². The Labute approximate surface area is 271 Å². The van der Waals surface area contributed by atoms with Crippen molar-refractivity contribution in [1.29, 1.82) is 0 Å². The van der Waals surface area contributed by atoms with E-state index in [1.54, 1.807) is 46.3 Å². The van der Waals surface area contributed by atoms with E-state index in [1.165, 1.54) is 13.1 Å². The third kappa shape index (κ3) is 8.20. The van der Waals surface area contributed by atoms with E-state index in [4.69, 9.17) is 28.4 Å². The standard InChI is InChI=1S/C33H38BrNO8S/c1-20(36)35(37)13-7-8-22-14-23(15-29(38-3)32(22)43-21(2)44-27-11-9-26(34)10-12-27)25-18-28(42-19-25)24-16-30(39-4)33(41-6)31(17-24)40-5/h7,9-17,21,25,28,37H,8,18-19H2,1-6H3. The number of hydrogen-bond acceptors (Lipinski definition) is 9. The van der Waals surface area contributed by atoms with Crippen LogP contribution in [0.2, 0.25) is 0 Å². The van der Waals surface area contributed by atoms with E-state index in [2.05, 4.69) is 22.0 Å². The maximum Gasteiger partial charge on any atom is 0.246 e. The summed E-state index contributed by atoms with van der Waals surface area (Å²) in [5.74, 6) is 2.47. The molecule has 1 fully saturated rings. The van der Waals surface area contributed by atoms with Crippen LogP contribution in [0.5, 0.6) is 28.7 Å². The average molecular weight is 689 g/mol. The Morgan fingerprint density at radius 2 is 1.61 bits per heavy atom. The van der Waals surface area contributed by atoms with Crippen LogP contribution < -0.4 is 23.7 Å². The zero-order valence-corrected chi connectivity index (χ0v) is 28.1. The van der Waals surface area contributed by atoms with Gasteiger partial charge in [0.05, 0.1) is 41.2 Å². The summed E-state index contributed by atoms with van der Waals surface area (Å²) in [7, 11) is 6.38. The Bertz CT molecular complexity index is 1440. The molecule has 3 aromatic rings. The predicted molar refractivity (Wildman–Crippen MR) is 172 cm³/mol. The summed E-state index contributed by atoms with van der Waals surface area (Å²) < 4.78 is 36.2. The first-order chi connectivity index (χ1) is 21.2. The van der Waals surface area contributed by atoms with Crippen LogP contribution in [0.4, 0.5) is 0 Å². The minimum absolute atomic E-state index is 0.0749. The lowest BCUT2D eigenvalue weighted by Gasteiger charge is -2.22. The molecule has 3 atom stereocenters. The van der Waals surface area contributed by atoms with Crippen LogP contribution in [0.15, 0.2) is 70.2 Å². The Kier molecular flexibility index (Phi) is 11.9. The summed E-state index contributed by atoms with van der Waals surface area (Å²) in [4.78, 5) is 12.6. The predicted octanol–water partition coefficient (Wildman–Crippen LogP) is 7.54. The van der Waals surface area contributed by atoms with Crippen LogP contribution in [0.25, 0.3) is 0 Å². The molecule has 3 aromatic carbocycles. The highest BCUT2D eigenvalue weighted by Gasteiger charge is 2.31. The van der Waals surface area contributed by atoms with Crippen LogP contribution in [-0.2, 0) is 16.0 Å². The van der Waals surface area contributed by atoms with Crippen molar-refractivity contribution in [3.05, 3.63) is 82.0 Å². The van der Waals surface area contributed by atoms with Gasteiger partial charge in [-0.05, 0) is 73.4 Å². The molecule has 0 aliphatic carbocycles. The van der Waals surface area contributed by atoms with Gasteiger partial charge in [-0.25, -0.2) is 0 Å². The van der Waals surface area contributed by atoms with Crippen LogP contribution >= 0.6 is 27.7 Å². The number of hydrogen-bond donors (Lipinski definition) is 1. The fraction of sp³-hybridized carbons (Fsp3) is 0.364. The second-order valence-electron chi connectivity index (χ2n) is 10.1. The largest absolute Gasteiger partial charge is 0.493 e. The van der Waals surface area contributed by atoms with E-state index in [0.29, 0.717) is 46.8 Å². The fourth-order valence-corrected chi connectivity index (χ4v) is 6.10. The molecule has 0 radical (unpaired) electrons. The van der Waals surface area contributed by atoms with Crippen LogP contribution in [0.3, 0.4) is 0 Å². The molecule has 4 rings (SSSR count). The van der Waals surface area contributed by atoms with Gasteiger partial charge in [-0.15, -0.1) is 0 Å². The molecule has 0 saturated carbocycles. The smallest absolute Gasteiger partial charge is 0.246 e. The molecule has 0 spiro atoms. The van der Waals surface area contributed by atoms with Crippen LogP contribution in [-0.4, -0.2) is 56.7 Å². The van der Waals surface area contributed by atoms with Crippen LogP contribution in [0.1, 0.15) is 49.0 Å². The number of carbonyl (C=O) groups is 1. The van der Waals surface area contributed by atoms with Crippen molar-refractivity contribution in [3.8, 4) is 28.7 Å². The lowest BCUT2D eigenvalue weighted by Crippen LogP contribution is -2.17. The van der Waals surface area contributed by atoms with Gasteiger partial charge in [-0.3, -0.25) is 10.0 Å². The van der Waals surface area contributed by atoms with E-state index >= 15 is 0 Å².